The fourth-order valence-electron chi connectivity index (χ4n) is 1.14. The molecule has 1 aromatic rings. The van der Waals surface area contributed by atoms with Crippen LogP contribution in [0.25, 0.3) is 0 Å². The molecule has 0 radical (unpaired) electrons. The second kappa shape index (κ2) is 7.97. The van der Waals surface area contributed by atoms with Crippen molar-refractivity contribution in [1.29, 1.82) is 0 Å². The van der Waals surface area contributed by atoms with Gasteiger partial charge in [-0.05, 0) is 86.8 Å². The molecular formula is C11H11I3O3. The number of hydrogen-bond donors (Lipinski definition) is 0. The van der Waals surface area contributed by atoms with E-state index in [9.17, 15) is 4.79 Å². The molecule has 17 heavy (non-hydrogen) atoms. The Labute approximate surface area is 141 Å². The zero-order valence-corrected chi connectivity index (χ0v) is 15.6. The highest BCUT2D eigenvalue weighted by Gasteiger charge is 2.09. The Morgan fingerprint density at radius 3 is 2.35 bits per heavy atom. The molecule has 0 unspecified atom stereocenters. The maximum absolute atomic E-state index is 11.2. The third kappa shape index (κ3) is 5.45. The number of benzene rings is 1. The Balaban J connectivity index is 2.55. The van der Waals surface area contributed by atoms with Crippen molar-refractivity contribution in [2.45, 2.75) is 13.3 Å². The number of hydrogen-bond acceptors (Lipinski definition) is 3. The van der Waals surface area contributed by atoms with Crippen molar-refractivity contribution >= 4 is 73.7 Å². The fraction of sp³-hybridized carbons (Fsp3) is 0.364. The first kappa shape index (κ1) is 15.7. The molecule has 0 aliphatic rings. The molecule has 0 N–H and O–H groups in total. The zero-order chi connectivity index (χ0) is 12.8. The predicted molar refractivity (Wildman–Crippen MR) is 91.3 cm³/mol. The highest BCUT2D eigenvalue weighted by molar-refractivity contribution is 14.1. The van der Waals surface area contributed by atoms with E-state index >= 15 is 0 Å². The van der Waals surface area contributed by atoms with E-state index in [0.717, 1.165) is 12.9 Å². The van der Waals surface area contributed by atoms with E-state index in [-0.39, 0.29) is 12.4 Å². The van der Waals surface area contributed by atoms with Crippen molar-refractivity contribution in [2.24, 2.45) is 0 Å². The van der Waals surface area contributed by atoms with Gasteiger partial charge in [0.2, 0.25) is 0 Å². The van der Waals surface area contributed by atoms with E-state index in [1.165, 1.54) is 3.57 Å². The maximum atomic E-state index is 11.2. The van der Waals surface area contributed by atoms with E-state index in [1.54, 1.807) is 6.92 Å². The summed E-state index contributed by atoms with van der Waals surface area (Å²) in [6, 6.07) is 4.09. The van der Waals surface area contributed by atoms with Gasteiger partial charge in [0.1, 0.15) is 5.75 Å². The lowest BCUT2D eigenvalue weighted by atomic mass is 10.3. The summed E-state index contributed by atoms with van der Waals surface area (Å²) in [5.74, 6) is 0.624. The van der Waals surface area contributed by atoms with Crippen molar-refractivity contribution in [3.05, 3.63) is 22.8 Å². The van der Waals surface area contributed by atoms with Gasteiger partial charge in [0.25, 0.3) is 0 Å². The van der Waals surface area contributed by atoms with Crippen molar-refractivity contribution in [2.75, 3.05) is 13.2 Å². The highest BCUT2D eigenvalue weighted by atomic mass is 127. The van der Waals surface area contributed by atoms with Gasteiger partial charge < -0.3 is 9.47 Å². The van der Waals surface area contributed by atoms with Gasteiger partial charge in [0, 0.05) is 3.57 Å². The Morgan fingerprint density at radius 1 is 1.24 bits per heavy atom. The third-order valence-electron chi connectivity index (χ3n) is 1.82. The highest BCUT2D eigenvalue weighted by Crippen LogP contribution is 2.29. The monoisotopic (exact) mass is 572 g/mol. The largest absolute Gasteiger partial charge is 0.491 e. The lowest BCUT2D eigenvalue weighted by Gasteiger charge is -2.10. The van der Waals surface area contributed by atoms with Gasteiger partial charge in [-0.25, -0.2) is 0 Å². The number of carbonyl (C=O) groups excluding carboxylic acids is 1. The van der Waals surface area contributed by atoms with Crippen LogP contribution in [0.2, 0.25) is 0 Å². The van der Waals surface area contributed by atoms with Gasteiger partial charge in [-0.2, -0.15) is 0 Å². The second-order valence-electron chi connectivity index (χ2n) is 3.10. The molecule has 0 aromatic heterocycles. The quantitative estimate of drug-likeness (QED) is 0.398. The smallest absolute Gasteiger partial charge is 0.309 e. The Hall–Kier alpha value is 0.680. The van der Waals surface area contributed by atoms with Crippen LogP contribution in [0.15, 0.2) is 12.1 Å². The zero-order valence-electron chi connectivity index (χ0n) is 9.13. The van der Waals surface area contributed by atoms with Crippen LogP contribution in [0, 0.1) is 10.7 Å². The first-order valence-corrected chi connectivity index (χ1v) is 8.21. The third-order valence-corrected chi connectivity index (χ3v) is 4.05. The molecule has 0 amide bonds. The fourth-order valence-corrected chi connectivity index (χ4v) is 5.03. The summed E-state index contributed by atoms with van der Waals surface area (Å²) in [5.41, 5.74) is 0. The molecule has 0 aliphatic heterocycles. The topological polar surface area (TPSA) is 35.5 Å². The minimum Gasteiger partial charge on any atom is -0.491 e. The summed E-state index contributed by atoms with van der Waals surface area (Å²) >= 11 is 6.74. The summed E-state index contributed by atoms with van der Waals surface area (Å²) in [4.78, 5) is 11.2. The molecule has 0 fully saturated rings. The Bertz CT molecular complexity index is 384. The van der Waals surface area contributed by atoms with Gasteiger partial charge in [0.05, 0.1) is 26.8 Å². The lowest BCUT2D eigenvalue weighted by molar-refractivity contribution is -0.143. The minimum absolute atomic E-state index is 0.219. The summed E-state index contributed by atoms with van der Waals surface area (Å²) < 4.78 is 13.7. The summed E-state index contributed by atoms with van der Waals surface area (Å²) in [5, 5.41) is 0. The molecule has 1 aromatic carbocycles. The van der Waals surface area contributed by atoms with Gasteiger partial charge >= 0.3 is 5.97 Å². The first-order valence-electron chi connectivity index (χ1n) is 4.97. The molecule has 0 saturated heterocycles. The number of rotatable bonds is 5. The van der Waals surface area contributed by atoms with Crippen LogP contribution in [0.4, 0.5) is 0 Å². The maximum Gasteiger partial charge on any atom is 0.309 e. The van der Waals surface area contributed by atoms with Crippen LogP contribution in [-0.2, 0) is 9.53 Å². The number of halogens is 3. The predicted octanol–water partition coefficient (Wildman–Crippen LogP) is 3.83. The normalized spacial score (nSPS) is 10.1. The van der Waals surface area contributed by atoms with Crippen LogP contribution in [0.5, 0.6) is 5.75 Å². The van der Waals surface area contributed by atoms with Crippen LogP contribution in [-0.4, -0.2) is 19.2 Å². The number of ether oxygens (including phenoxy) is 2. The van der Waals surface area contributed by atoms with Crippen LogP contribution in [0.1, 0.15) is 13.3 Å². The molecule has 6 heteroatoms. The van der Waals surface area contributed by atoms with Crippen molar-refractivity contribution in [3.8, 4) is 5.75 Å². The van der Waals surface area contributed by atoms with Gasteiger partial charge in [-0.1, -0.05) is 0 Å². The molecule has 0 bridgehead atoms. The van der Waals surface area contributed by atoms with Crippen molar-refractivity contribution < 1.29 is 14.3 Å². The average molecular weight is 572 g/mol. The van der Waals surface area contributed by atoms with E-state index < -0.39 is 0 Å². The molecule has 94 valence electrons. The van der Waals surface area contributed by atoms with E-state index in [4.69, 9.17) is 9.47 Å². The van der Waals surface area contributed by atoms with Crippen molar-refractivity contribution in [1.82, 2.24) is 0 Å². The summed E-state index contributed by atoms with van der Waals surface area (Å²) in [6.45, 7) is 2.56. The van der Waals surface area contributed by atoms with E-state index in [2.05, 4.69) is 67.8 Å². The minimum atomic E-state index is -0.219. The number of esters is 1. The van der Waals surface area contributed by atoms with E-state index in [0.29, 0.717) is 13.2 Å². The molecule has 0 saturated carbocycles. The van der Waals surface area contributed by atoms with Crippen LogP contribution >= 0.6 is 67.8 Å². The Morgan fingerprint density at radius 2 is 1.82 bits per heavy atom. The standard InChI is InChI=1S/C11H11I3O3/c1-2-16-10(15)3-4-17-11-8(13)5-7(12)6-9(11)14/h5-6H,2-4H2,1H3. The molecular weight excluding hydrogens is 561 g/mol. The van der Waals surface area contributed by atoms with Crippen LogP contribution < -0.4 is 4.74 Å². The number of carbonyl (C=O) groups is 1. The molecule has 3 nitrogen and oxygen atoms in total. The molecule has 0 aliphatic carbocycles. The summed E-state index contributed by atoms with van der Waals surface area (Å²) in [7, 11) is 0. The molecule has 1 rings (SSSR count). The molecule has 0 atom stereocenters. The summed E-state index contributed by atoms with van der Waals surface area (Å²) in [6.07, 6.45) is 0.284. The van der Waals surface area contributed by atoms with Gasteiger partial charge in [-0.15, -0.1) is 0 Å². The Kier molecular flexibility index (Phi) is 7.38. The van der Waals surface area contributed by atoms with Gasteiger partial charge in [-0.3, -0.25) is 4.79 Å². The molecule has 0 spiro atoms. The van der Waals surface area contributed by atoms with Crippen molar-refractivity contribution in [3.63, 3.8) is 0 Å². The first-order chi connectivity index (χ1) is 8.04. The average Bonchev–Trinajstić information content (AvgIpc) is 2.22. The van der Waals surface area contributed by atoms with Gasteiger partial charge in [0.15, 0.2) is 0 Å². The SMILES string of the molecule is CCOC(=O)CCOc1c(I)cc(I)cc1I. The lowest BCUT2D eigenvalue weighted by Crippen LogP contribution is -2.10. The van der Waals surface area contributed by atoms with E-state index in [1.807, 2.05) is 12.1 Å². The van der Waals surface area contributed by atoms with Crippen LogP contribution in [0.3, 0.4) is 0 Å². The molecule has 0 heterocycles. The second-order valence-corrected chi connectivity index (χ2v) is 6.67.